The fraction of sp³-hybridized carbons (Fsp3) is 0.750. The molecule has 0 bridgehead atoms. The second kappa shape index (κ2) is 7.62. The van der Waals surface area contributed by atoms with E-state index in [1.165, 1.54) is 13.0 Å². The van der Waals surface area contributed by atoms with Crippen molar-refractivity contribution >= 4 is 17.9 Å². The fourth-order valence-corrected chi connectivity index (χ4v) is 4.61. The van der Waals surface area contributed by atoms with E-state index in [1.807, 2.05) is 13.8 Å². The van der Waals surface area contributed by atoms with Gasteiger partial charge in [-0.1, -0.05) is 12.5 Å². The Kier molecular flexibility index (Phi) is 5.60. The van der Waals surface area contributed by atoms with Gasteiger partial charge in [0.15, 0.2) is 0 Å². The number of carbonyl (C=O) groups is 3. The van der Waals surface area contributed by atoms with Gasteiger partial charge in [0.2, 0.25) is 5.60 Å². The van der Waals surface area contributed by atoms with Crippen molar-refractivity contribution in [2.24, 2.45) is 11.8 Å². The summed E-state index contributed by atoms with van der Waals surface area (Å²) in [6.45, 7) is 8.54. The van der Waals surface area contributed by atoms with Crippen LogP contribution >= 0.6 is 0 Å². The van der Waals surface area contributed by atoms with Crippen molar-refractivity contribution in [3.8, 4) is 0 Å². The zero-order valence-electron chi connectivity index (χ0n) is 16.5. The highest BCUT2D eigenvalue weighted by Gasteiger charge is 2.48. The van der Waals surface area contributed by atoms with Crippen molar-refractivity contribution in [3.63, 3.8) is 0 Å². The molecule has 0 radical (unpaired) electrons. The van der Waals surface area contributed by atoms with E-state index in [0.717, 1.165) is 31.5 Å². The van der Waals surface area contributed by atoms with Gasteiger partial charge in [0, 0.05) is 31.4 Å². The van der Waals surface area contributed by atoms with Crippen molar-refractivity contribution in [2.75, 3.05) is 19.7 Å². The van der Waals surface area contributed by atoms with Crippen LogP contribution in [0, 0.1) is 11.8 Å². The van der Waals surface area contributed by atoms with Gasteiger partial charge in [0.1, 0.15) is 6.10 Å². The average Bonchev–Trinajstić information content (AvgIpc) is 3.14. The number of rotatable bonds is 1. The largest absolute Gasteiger partial charge is 0.462 e. The molecule has 0 aromatic carbocycles. The van der Waals surface area contributed by atoms with Crippen molar-refractivity contribution in [3.05, 3.63) is 11.6 Å². The van der Waals surface area contributed by atoms with E-state index < -0.39 is 17.5 Å². The van der Waals surface area contributed by atoms with Crippen molar-refractivity contribution < 1.29 is 28.6 Å². The molecule has 0 aromatic heterocycles. The molecule has 5 unspecified atom stereocenters. The molecule has 0 spiro atoms. The molecule has 0 aliphatic carbocycles. The predicted molar refractivity (Wildman–Crippen MR) is 96.6 cm³/mol. The molecule has 3 heterocycles. The Hall–Kier alpha value is -1.89. The van der Waals surface area contributed by atoms with Gasteiger partial charge < -0.3 is 14.2 Å². The maximum absolute atomic E-state index is 12.9. The average molecular weight is 379 g/mol. The Balaban J connectivity index is 1.90. The van der Waals surface area contributed by atoms with E-state index in [0.29, 0.717) is 6.42 Å². The third kappa shape index (κ3) is 4.03. The molecule has 3 aliphatic heterocycles. The second-order valence-electron chi connectivity index (χ2n) is 8.23. The Morgan fingerprint density at radius 2 is 2.00 bits per heavy atom. The number of hydrogen-bond acceptors (Lipinski definition) is 7. The molecular weight excluding hydrogens is 350 g/mol. The lowest BCUT2D eigenvalue weighted by Gasteiger charge is -2.33. The Labute approximate surface area is 160 Å². The monoisotopic (exact) mass is 379 g/mol. The van der Waals surface area contributed by atoms with Crippen LogP contribution in [0.5, 0.6) is 0 Å². The number of hydrogen-bond donors (Lipinski definition) is 0. The molecule has 0 N–H and O–H groups in total. The van der Waals surface area contributed by atoms with Gasteiger partial charge >= 0.3 is 17.9 Å². The Morgan fingerprint density at radius 3 is 2.70 bits per heavy atom. The van der Waals surface area contributed by atoms with Crippen LogP contribution in [0.15, 0.2) is 11.6 Å². The van der Waals surface area contributed by atoms with Crippen molar-refractivity contribution in [1.82, 2.24) is 4.90 Å². The third-order valence-corrected chi connectivity index (χ3v) is 6.16. The lowest BCUT2D eigenvalue weighted by Crippen LogP contribution is -2.48. The summed E-state index contributed by atoms with van der Waals surface area (Å²) in [6, 6.07) is 0.0774. The summed E-state index contributed by atoms with van der Waals surface area (Å²) < 4.78 is 16.8. The molecule has 2 saturated heterocycles. The molecule has 0 amide bonds. The van der Waals surface area contributed by atoms with Gasteiger partial charge in [-0.15, -0.1) is 0 Å². The highest BCUT2D eigenvalue weighted by atomic mass is 16.6. The SMILES string of the molecule is CC(=O)OC1(C)C(=O)OCC2CCN3CCC(OC(=O)C=C(C)CC1C)C23. The minimum atomic E-state index is -1.40. The number of ether oxygens (including phenoxy) is 3. The predicted octanol–water partition coefficient (Wildman–Crippen LogP) is 1.84. The zero-order valence-corrected chi connectivity index (χ0v) is 16.5. The zero-order chi connectivity index (χ0) is 19.8. The molecule has 27 heavy (non-hydrogen) atoms. The summed E-state index contributed by atoms with van der Waals surface area (Å²) in [5.41, 5.74) is -0.623. The molecule has 3 rings (SSSR count). The smallest absolute Gasteiger partial charge is 0.350 e. The minimum absolute atomic E-state index is 0.0774. The minimum Gasteiger partial charge on any atom is -0.462 e. The van der Waals surface area contributed by atoms with Crippen LogP contribution in [0.25, 0.3) is 0 Å². The molecule has 7 nitrogen and oxygen atoms in total. The van der Waals surface area contributed by atoms with Gasteiger partial charge in [-0.3, -0.25) is 9.69 Å². The summed E-state index contributed by atoms with van der Waals surface area (Å²) >= 11 is 0. The summed E-state index contributed by atoms with van der Waals surface area (Å²) in [6.07, 6.45) is 3.42. The highest BCUT2D eigenvalue weighted by Crippen LogP contribution is 2.36. The van der Waals surface area contributed by atoms with Crippen LogP contribution in [0.3, 0.4) is 0 Å². The third-order valence-electron chi connectivity index (χ3n) is 6.16. The molecule has 0 saturated carbocycles. The lowest BCUT2D eigenvalue weighted by molar-refractivity contribution is -0.186. The van der Waals surface area contributed by atoms with E-state index in [4.69, 9.17) is 14.2 Å². The van der Waals surface area contributed by atoms with E-state index in [9.17, 15) is 14.4 Å². The van der Waals surface area contributed by atoms with Crippen molar-refractivity contribution in [1.29, 1.82) is 0 Å². The molecule has 3 aliphatic rings. The molecular formula is C20H29NO6. The first kappa shape index (κ1) is 19.9. The molecule has 5 atom stereocenters. The quantitative estimate of drug-likeness (QED) is 0.508. The van der Waals surface area contributed by atoms with E-state index in [2.05, 4.69) is 4.90 Å². The normalized spacial score (nSPS) is 37.9. The Morgan fingerprint density at radius 1 is 1.30 bits per heavy atom. The topological polar surface area (TPSA) is 82.1 Å². The lowest BCUT2D eigenvalue weighted by atomic mass is 9.85. The first-order chi connectivity index (χ1) is 12.7. The van der Waals surface area contributed by atoms with E-state index in [1.54, 1.807) is 6.92 Å². The maximum atomic E-state index is 12.9. The first-order valence-corrected chi connectivity index (χ1v) is 9.69. The van der Waals surface area contributed by atoms with Gasteiger partial charge in [-0.05, 0) is 39.7 Å². The number of esters is 3. The van der Waals surface area contributed by atoms with Crippen LogP contribution in [-0.2, 0) is 28.6 Å². The number of allylic oxidation sites excluding steroid dienone is 1. The van der Waals surface area contributed by atoms with Gasteiger partial charge in [0.25, 0.3) is 0 Å². The summed E-state index contributed by atoms with van der Waals surface area (Å²) in [5, 5.41) is 0. The highest BCUT2D eigenvalue weighted by molar-refractivity contribution is 5.84. The standard InChI is InChI=1S/C20H29NO6/c1-12-9-13(2)20(4,27-14(3)22)19(24)25-11-15-5-7-21-8-6-16(18(15)21)26-17(23)10-12/h10,13,15-16,18H,5-9,11H2,1-4H3. The summed E-state index contributed by atoms with van der Waals surface area (Å²) in [5.74, 6) is -1.65. The van der Waals surface area contributed by atoms with Gasteiger partial charge in [-0.2, -0.15) is 0 Å². The maximum Gasteiger partial charge on any atom is 0.350 e. The van der Waals surface area contributed by atoms with Crippen LogP contribution in [0.2, 0.25) is 0 Å². The van der Waals surface area contributed by atoms with E-state index >= 15 is 0 Å². The second-order valence-corrected chi connectivity index (χ2v) is 8.23. The molecule has 7 heteroatoms. The van der Waals surface area contributed by atoms with Crippen LogP contribution in [0.4, 0.5) is 0 Å². The fourth-order valence-electron chi connectivity index (χ4n) is 4.61. The summed E-state index contributed by atoms with van der Waals surface area (Å²) in [7, 11) is 0. The van der Waals surface area contributed by atoms with E-state index in [-0.39, 0.29) is 36.6 Å². The first-order valence-electron chi connectivity index (χ1n) is 9.69. The molecule has 0 aromatic rings. The molecule has 150 valence electrons. The van der Waals surface area contributed by atoms with Crippen LogP contribution in [-0.4, -0.2) is 60.3 Å². The number of cyclic esters (lactones) is 1. The molecule has 2 fully saturated rings. The van der Waals surface area contributed by atoms with Gasteiger partial charge in [0.05, 0.1) is 12.6 Å². The number of nitrogens with zero attached hydrogens (tertiary/aromatic N) is 1. The number of carbonyl (C=O) groups excluding carboxylic acids is 3. The Bertz CT molecular complexity index is 659. The van der Waals surface area contributed by atoms with Gasteiger partial charge in [-0.25, -0.2) is 9.59 Å². The summed E-state index contributed by atoms with van der Waals surface area (Å²) in [4.78, 5) is 39.2. The van der Waals surface area contributed by atoms with Crippen LogP contribution < -0.4 is 0 Å². The van der Waals surface area contributed by atoms with Crippen LogP contribution in [0.1, 0.15) is 47.0 Å². The van der Waals surface area contributed by atoms with Crippen molar-refractivity contribution in [2.45, 2.75) is 64.7 Å².